The zero-order valence-corrected chi connectivity index (χ0v) is 11.6. The molecule has 0 aliphatic rings. The Morgan fingerprint density at radius 1 is 1.33 bits per heavy atom. The first kappa shape index (κ1) is 12.9. The van der Waals surface area contributed by atoms with Crippen LogP contribution in [0.15, 0.2) is 12.3 Å². The van der Waals surface area contributed by atoms with Crippen molar-refractivity contribution in [3.8, 4) is 0 Å². The number of aryl methyl sites for hydroxylation is 1. The third-order valence-electron chi connectivity index (χ3n) is 3.83. The van der Waals surface area contributed by atoms with E-state index >= 15 is 0 Å². The maximum Gasteiger partial charge on any atom is 0.202 e. The number of hydrogen-bond donors (Lipinski definition) is 1. The summed E-state index contributed by atoms with van der Waals surface area (Å²) in [7, 11) is 0. The van der Waals surface area contributed by atoms with Crippen molar-refractivity contribution in [2.75, 3.05) is 5.73 Å². The molecule has 1 unspecified atom stereocenters. The van der Waals surface area contributed by atoms with Crippen molar-refractivity contribution in [1.82, 2.24) is 14.5 Å². The molecule has 2 N–H and O–H groups in total. The van der Waals surface area contributed by atoms with E-state index in [0.717, 1.165) is 29.6 Å². The molecule has 0 aliphatic heterocycles. The van der Waals surface area contributed by atoms with Gasteiger partial charge in [0.15, 0.2) is 5.65 Å². The normalized spacial score (nSPS) is 13.4. The molecule has 2 aromatic heterocycles. The first-order valence-electron chi connectivity index (χ1n) is 6.68. The van der Waals surface area contributed by atoms with E-state index in [0.29, 0.717) is 17.9 Å². The lowest BCUT2D eigenvalue weighted by molar-refractivity contribution is 0.341. The van der Waals surface area contributed by atoms with E-state index in [-0.39, 0.29) is 0 Å². The standard InChI is InChI=1S/C14H22N4/c1-5-11(6-2)10(4)18-13-12(17-14(18)15)7-9(3)8-16-13/h7-8,10-11H,5-6H2,1-4H3,(H2,15,17). The zero-order valence-electron chi connectivity index (χ0n) is 11.6. The molecule has 0 aromatic carbocycles. The summed E-state index contributed by atoms with van der Waals surface area (Å²) in [6.45, 7) is 8.66. The Labute approximate surface area is 108 Å². The summed E-state index contributed by atoms with van der Waals surface area (Å²) < 4.78 is 2.08. The molecule has 0 saturated heterocycles. The molecule has 4 heteroatoms. The maximum atomic E-state index is 6.06. The predicted molar refractivity (Wildman–Crippen MR) is 75.5 cm³/mol. The Kier molecular flexibility index (Phi) is 3.55. The number of aromatic nitrogens is 3. The fourth-order valence-corrected chi connectivity index (χ4v) is 2.68. The minimum atomic E-state index is 0.334. The van der Waals surface area contributed by atoms with E-state index in [4.69, 9.17) is 5.73 Å². The Morgan fingerprint density at radius 3 is 2.61 bits per heavy atom. The van der Waals surface area contributed by atoms with E-state index in [2.05, 4.69) is 35.3 Å². The lowest BCUT2D eigenvalue weighted by Gasteiger charge is -2.23. The quantitative estimate of drug-likeness (QED) is 0.900. The summed E-state index contributed by atoms with van der Waals surface area (Å²) in [4.78, 5) is 8.92. The van der Waals surface area contributed by atoms with Crippen LogP contribution in [0.5, 0.6) is 0 Å². The predicted octanol–water partition coefficient (Wildman–Crippen LogP) is 3.32. The highest BCUT2D eigenvalue weighted by Crippen LogP contribution is 2.29. The fourth-order valence-electron chi connectivity index (χ4n) is 2.68. The number of imidazole rings is 1. The summed E-state index contributed by atoms with van der Waals surface area (Å²) in [5.74, 6) is 1.18. The molecule has 2 rings (SSSR count). The largest absolute Gasteiger partial charge is 0.369 e. The summed E-state index contributed by atoms with van der Waals surface area (Å²) in [6.07, 6.45) is 4.16. The molecule has 0 saturated carbocycles. The fraction of sp³-hybridized carbons (Fsp3) is 0.571. The number of nitrogens with two attached hydrogens (primary N) is 1. The van der Waals surface area contributed by atoms with Gasteiger partial charge in [-0.1, -0.05) is 26.7 Å². The molecule has 2 aromatic rings. The third kappa shape index (κ3) is 2.07. The molecule has 2 heterocycles. The van der Waals surface area contributed by atoms with Crippen LogP contribution in [0.4, 0.5) is 5.95 Å². The van der Waals surface area contributed by atoms with E-state index in [1.54, 1.807) is 0 Å². The highest BCUT2D eigenvalue weighted by molar-refractivity contribution is 5.74. The van der Waals surface area contributed by atoms with Crippen LogP contribution in [0, 0.1) is 12.8 Å². The van der Waals surface area contributed by atoms with E-state index < -0.39 is 0 Å². The van der Waals surface area contributed by atoms with Crippen LogP contribution in [0.25, 0.3) is 11.2 Å². The summed E-state index contributed by atoms with van der Waals surface area (Å²) in [6, 6.07) is 2.37. The molecule has 0 radical (unpaired) electrons. The second kappa shape index (κ2) is 4.96. The summed E-state index contributed by atoms with van der Waals surface area (Å²) >= 11 is 0. The monoisotopic (exact) mass is 246 g/mol. The van der Waals surface area contributed by atoms with Gasteiger partial charge in [-0.3, -0.25) is 4.57 Å². The van der Waals surface area contributed by atoms with Gasteiger partial charge in [0.2, 0.25) is 5.95 Å². The van der Waals surface area contributed by atoms with Crippen molar-refractivity contribution in [2.24, 2.45) is 5.92 Å². The highest BCUT2D eigenvalue weighted by atomic mass is 15.2. The molecule has 0 aliphatic carbocycles. The first-order chi connectivity index (χ1) is 8.58. The van der Waals surface area contributed by atoms with Gasteiger partial charge in [-0.05, 0) is 31.4 Å². The molecule has 0 spiro atoms. The van der Waals surface area contributed by atoms with Gasteiger partial charge in [0.1, 0.15) is 5.52 Å². The number of fused-ring (bicyclic) bond motifs is 1. The van der Waals surface area contributed by atoms with Crippen molar-refractivity contribution < 1.29 is 0 Å². The number of pyridine rings is 1. The second-order valence-corrected chi connectivity index (χ2v) is 5.01. The van der Waals surface area contributed by atoms with Crippen LogP contribution in [0.1, 0.15) is 45.2 Å². The maximum absolute atomic E-state index is 6.06. The molecule has 0 bridgehead atoms. The van der Waals surface area contributed by atoms with Gasteiger partial charge in [-0.2, -0.15) is 0 Å². The number of anilines is 1. The number of nitrogen functional groups attached to an aromatic ring is 1. The van der Waals surface area contributed by atoms with Gasteiger partial charge in [-0.25, -0.2) is 9.97 Å². The van der Waals surface area contributed by atoms with Crippen molar-refractivity contribution in [2.45, 2.75) is 46.6 Å². The molecule has 4 nitrogen and oxygen atoms in total. The Hall–Kier alpha value is -1.58. The topological polar surface area (TPSA) is 56.7 Å². The number of hydrogen-bond acceptors (Lipinski definition) is 3. The second-order valence-electron chi connectivity index (χ2n) is 5.01. The van der Waals surface area contributed by atoms with Crippen LogP contribution >= 0.6 is 0 Å². The van der Waals surface area contributed by atoms with Gasteiger partial charge in [0.25, 0.3) is 0 Å². The van der Waals surface area contributed by atoms with Gasteiger partial charge in [0, 0.05) is 12.2 Å². The third-order valence-corrected chi connectivity index (χ3v) is 3.83. The van der Waals surface area contributed by atoms with Gasteiger partial charge < -0.3 is 5.73 Å². The Bertz CT molecular complexity index is 540. The molecule has 1 atom stereocenters. The lowest BCUT2D eigenvalue weighted by atomic mass is 9.95. The van der Waals surface area contributed by atoms with Crippen LogP contribution in [-0.2, 0) is 0 Å². The minimum absolute atomic E-state index is 0.334. The average molecular weight is 246 g/mol. The van der Waals surface area contributed by atoms with Crippen LogP contribution in [-0.4, -0.2) is 14.5 Å². The highest BCUT2D eigenvalue weighted by Gasteiger charge is 2.20. The summed E-state index contributed by atoms with van der Waals surface area (Å²) in [5, 5.41) is 0. The smallest absolute Gasteiger partial charge is 0.202 e. The lowest BCUT2D eigenvalue weighted by Crippen LogP contribution is -2.17. The average Bonchev–Trinajstić information content (AvgIpc) is 2.65. The number of nitrogens with zero attached hydrogens (tertiary/aromatic N) is 3. The Balaban J connectivity index is 2.53. The molecule has 0 amide bonds. The van der Waals surface area contributed by atoms with E-state index in [1.807, 2.05) is 19.2 Å². The van der Waals surface area contributed by atoms with Crippen LogP contribution in [0.2, 0.25) is 0 Å². The van der Waals surface area contributed by atoms with E-state index in [1.165, 1.54) is 0 Å². The van der Waals surface area contributed by atoms with E-state index in [9.17, 15) is 0 Å². The van der Waals surface area contributed by atoms with Crippen molar-refractivity contribution in [3.05, 3.63) is 17.8 Å². The summed E-state index contributed by atoms with van der Waals surface area (Å²) in [5.41, 5.74) is 8.97. The van der Waals surface area contributed by atoms with Crippen molar-refractivity contribution in [3.63, 3.8) is 0 Å². The Morgan fingerprint density at radius 2 is 2.00 bits per heavy atom. The van der Waals surface area contributed by atoms with Crippen LogP contribution in [0.3, 0.4) is 0 Å². The van der Waals surface area contributed by atoms with Crippen LogP contribution < -0.4 is 5.73 Å². The minimum Gasteiger partial charge on any atom is -0.369 e. The molecule has 18 heavy (non-hydrogen) atoms. The molecular weight excluding hydrogens is 224 g/mol. The zero-order chi connectivity index (χ0) is 13.3. The molecular formula is C14H22N4. The van der Waals surface area contributed by atoms with Gasteiger partial charge >= 0.3 is 0 Å². The molecule has 0 fully saturated rings. The van der Waals surface area contributed by atoms with Crippen molar-refractivity contribution >= 4 is 17.1 Å². The van der Waals surface area contributed by atoms with Gasteiger partial charge in [0.05, 0.1) is 0 Å². The van der Waals surface area contributed by atoms with Crippen molar-refractivity contribution in [1.29, 1.82) is 0 Å². The number of rotatable bonds is 4. The van der Waals surface area contributed by atoms with Gasteiger partial charge in [-0.15, -0.1) is 0 Å². The molecule has 98 valence electrons. The first-order valence-corrected chi connectivity index (χ1v) is 6.68. The SMILES string of the molecule is CCC(CC)C(C)n1c(N)nc2cc(C)cnc21.